The Morgan fingerprint density at radius 3 is 2.28 bits per heavy atom. The molecule has 32 heavy (non-hydrogen) atoms. The van der Waals surface area contributed by atoms with Crippen molar-refractivity contribution in [2.45, 2.75) is 12.6 Å². The highest BCUT2D eigenvalue weighted by atomic mass is 19.4. The average Bonchev–Trinajstić information content (AvgIpc) is 2.79. The van der Waals surface area contributed by atoms with Crippen molar-refractivity contribution in [2.75, 3.05) is 6.61 Å². The van der Waals surface area contributed by atoms with Crippen LogP contribution in [0.4, 0.5) is 17.6 Å². The van der Waals surface area contributed by atoms with Crippen LogP contribution in [0.1, 0.15) is 11.3 Å². The molecule has 162 valence electrons. The van der Waals surface area contributed by atoms with Crippen LogP contribution in [0, 0.1) is 5.95 Å². The lowest BCUT2D eigenvalue weighted by Crippen LogP contribution is -2.19. The maximum Gasteiger partial charge on any atom is 0.422 e. The number of alkyl halides is 3. The van der Waals surface area contributed by atoms with Crippen molar-refractivity contribution < 1.29 is 22.3 Å². The number of halogens is 4. The molecule has 3 aromatic heterocycles. The van der Waals surface area contributed by atoms with Crippen LogP contribution in [0.2, 0.25) is 0 Å². The van der Waals surface area contributed by atoms with E-state index in [0.717, 1.165) is 22.4 Å². The predicted molar refractivity (Wildman–Crippen MR) is 111 cm³/mol. The van der Waals surface area contributed by atoms with Gasteiger partial charge in [-0.05, 0) is 41.5 Å². The zero-order valence-electron chi connectivity index (χ0n) is 16.7. The minimum atomic E-state index is -4.42. The van der Waals surface area contributed by atoms with Gasteiger partial charge in [0, 0.05) is 41.7 Å². The highest BCUT2D eigenvalue weighted by Crippen LogP contribution is 2.26. The molecule has 0 saturated carbocycles. The van der Waals surface area contributed by atoms with E-state index < -0.39 is 18.7 Å². The Bertz CT molecular complexity index is 1190. The molecule has 0 aliphatic carbocycles. The number of hydrogen-bond acceptors (Lipinski definition) is 4. The number of benzene rings is 1. The fourth-order valence-corrected chi connectivity index (χ4v) is 3.20. The summed E-state index contributed by atoms with van der Waals surface area (Å²) in [5, 5.41) is 0. The van der Waals surface area contributed by atoms with Gasteiger partial charge in [-0.2, -0.15) is 17.6 Å². The third kappa shape index (κ3) is 5.46. The molecule has 8 heteroatoms. The Kier molecular flexibility index (Phi) is 6.11. The second-order valence-corrected chi connectivity index (χ2v) is 7.01. The first-order valence-corrected chi connectivity index (χ1v) is 9.69. The van der Waals surface area contributed by atoms with E-state index in [4.69, 9.17) is 0 Å². The highest BCUT2D eigenvalue weighted by molar-refractivity contribution is 5.67. The van der Waals surface area contributed by atoms with Crippen molar-refractivity contribution in [3.05, 3.63) is 96.3 Å². The third-order valence-corrected chi connectivity index (χ3v) is 4.65. The second-order valence-electron chi connectivity index (χ2n) is 7.01. The first kappa shape index (κ1) is 21.4. The van der Waals surface area contributed by atoms with E-state index in [1.54, 1.807) is 18.2 Å². The van der Waals surface area contributed by atoms with Gasteiger partial charge >= 0.3 is 6.18 Å². The van der Waals surface area contributed by atoms with E-state index in [9.17, 15) is 17.6 Å². The molecule has 0 fully saturated rings. The summed E-state index contributed by atoms with van der Waals surface area (Å²) in [7, 11) is 0. The zero-order chi connectivity index (χ0) is 22.6. The smallest absolute Gasteiger partial charge is 0.422 e. The second kappa shape index (κ2) is 9.13. The van der Waals surface area contributed by atoms with E-state index in [0.29, 0.717) is 17.7 Å². The monoisotopic (exact) mass is 439 g/mol. The van der Waals surface area contributed by atoms with E-state index in [-0.39, 0.29) is 5.88 Å². The fourth-order valence-electron chi connectivity index (χ4n) is 3.20. The molecule has 0 bridgehead atoms. The van der Waals surface area contributed by atoms with Crippen molar-refractivity contribution in [1.82, 2.24) is 15.0 Å². The van der Waals surface area contributed by atoms with Gasteiger partial charge in [-0.3, -0.25) is 4.98 Å². The van der Waals surface area contributed by atoms with Crippen LogP contribution in [-0.2, 0) is 6.42 Å². The minimum Gasteiger partial charge on any atom is -0.468 e. The Balaban J connectivity index is 1.54. The van der Waals surface area contributed by atoms with Gasteiger partial charge in [0.25, 0.3) is 0 Å². The molecule has 0 spiro atoms. The summed E-state index contributed by atoms with van der Waals surface area (Å²) in [6.07, 6.45) is -0.972. The van der Waals surface area contributed by atoms with Crippen LogP contribution in [0.15, 0.2) is 79.1 Å². The quantitative estimate of drug-likeness (QED) is 0.278. The Morgan fingerprint density at radius 1 is 0.781 bits per heavy atom. The third-order valence-electron chi connectivity index (χ3n) is 4.65. The van der Waals surface area contributed by atoms with Gasteiger partial charge in [-0.15, -0.1) is 0 Å². The highest BCUT2D eigenvalue weighted by Gasteiger charge is 2.28. The summed E-state index contributed by atoms with van der Waals surface area (Å²) < 4.78 is 54.7. The van der Waals surface area contributed by atoms with Gasteiger partial charge in [0.1, 0.15) is 0 Å². The molecule has 1 aromatic carbocycles. The Labute approximate surface area is 181 Å². The van der Waals surface area contributed by atoms with Crippen LogP contribution in [0.25, 0.3) is 22.4 Å². The largest absolute Gasteiger partial charge is 0.468 e. The molecule has 0 radical (unpaired) electrons. The molecule has 0 atom stereocenters. The van der Waals surface area contributed by atoms with Crippen LogP contribution >= 0.6 is 0 Å². The molecule has 4 nitrogen and oxygen atoms in total. The van der Waals surface area contributed by atoms with E-state index in [1.165, 1.54) is 24.5 Å². The number of pyridine rings is 3. The molecular formula is C24H17F4N3O. The summed E-state index contributed by atoms with van der Waals surface area (Å²) in [4.78, 5) is 12.3. The lowest BCUT2D eigenvalue weighted by Gasteiger charge is -2.11. The van der Waals surface area contributed by atoms with Crippen molar-refractivity contribution >= 4 is 0 Å². The molecule has 3 heterocycles. The van der Waals surface area contributed by atoms with E-state index >= 15 is 0 Å². The predicted octanol–water partition coefficient (Wildman–Crippen LogP) is 5.88. The molecule has 4 aromatic rings. The summed E-state index contributed by atoms with van der Waals surface area (Å²) in [6.45, 7) is -1.39. The Hall–Kier alpha value is -3.81. The number of aromatic nitrogens is 3. The molecule has 4 rings (SSSR count). The number of ether oxygens (including phenoxy) is 1. The summed E-state index contributed by atoms with van der Waals surface area (Å²) >= 11 is 0. The number of nitrogens with zero attached hydrogens (tertiary/aromatic N) is 3. The molecule has 0 aliphatic rings. The van der Waals surface area contributed by atoms with E-state index in [2.05, 4.69) is 19.7 Å². The van der Waals surface area contributed by atoms with Crippen molar-refractivity contribution in [3.8, 4) is 28.3 Å². The lowest BCUT2D eigenvalue weighted by molar-refractivity contribution is -0.154. The molecule has 0 aliphatic heterocycles. The fraction of sp³-hybridized carbons (Fsp3) is 0.125. The van der Waals surface area contributed by atoms with Crippen LogP contribution in [0.5, 0.6) is 5.88 Å². The normalized spacial score (nSPS) is 11.4. The first-order valence-electron chi connectivity index (χ1n) is 9.69. The average molecular weight is 439 g/mol. The van der Waals surface area contributed by atoms with Gasteiger partial charge in [0.05, 0.1) is 5.69 Å². The van der Waals surface area contributed by atoms with Gasteiger partial charge in [0.15, 0.2) is 6.61 Å². The number of rotatable bonds is 6. The standard InChI is InChI=1S/C24H17F4N3O/c25-22-10-8-17(13-29-22)20-6-2-1-4-16(20)12-19-5-3-7-21(31-19)18-9-11-23(30-14-18)32-15-24(26,27)28/h1-11,13-14H,12,15H2. The van der Waals surface area contributed by atoms with Gasteiger partial charge in [-0.25, -0.2) is 9.97 Å². The topological polar surface area (TPSA) is 47.9 Å². The van der Waals surface area contributed by atoms with Gasteiger partial charge in [-0.1, -0.05) is 30.3 Å². The molecule has 0 unspecified atom stereocenters. The molecular weight excluding hydrogens is 422 g/mol. The zero-order valence-corrected chi connectivity index (χ0v) is 16.7. The molecule has 0 saturated heterocycles. The van der Waals surface area contributed by atoms with Gasteiger partial charge in [0.2, 0.25) is 11.8 Å². The maximum atomic E-state index is 13.2. The molecule has 0 N–H and O–H groups in total. The SMILES string of the molecule is Fc1ccc(-c2ccccc2Cc2cccc(-c3ccc(OCC(F)(F)F)nc3)n2)cn1. The summed E-state index contributed by atoms with van der Waals surface area (Å²) in [6, 6.07) is 19.3. The van der Waals surface area contributed by atoms with Gasteiger partial charge < -0.3 is 4.74 Å². The van der Waals surface area contributed by atoms with E-state index in [1.807, 2.05) is 36.4 Å². The minimum absolute atomic E-state index is 0.107. The first-order chi connectivity index (χ1) is 15.4. The maximum absolute atomic E-state index is 13.2. The van der Waals surface area contributed by atoms with Crippen molar-refractivity contribution in [3.63, 3.8) is 0 Å². The summed E-state index contributed by atoms with van der Waals surface area (Å²) in [5.41, 5.74) is 4.82. The Morgan fingerprint density at radius 2 is 1.56 bits per heavy atom. The molecule has 0 amide bonds. The summed E-state index contributed by atoms with van der Waals surface area (Å²) in [5.74, 6) is -0.645. The van der Waals surface area contributed by atoms with Crippen LogP contribution in [-0.4, -0.2) is 27.7 Å². The van der Waals surface area contributed by atoms with Crippen molar-refractivity contribution in [1.29, 1.82) is 0 Å². The number of hydrogen-bond donors (Lipinski definition) is 0. The lowest BCUT2D eigenvalue weighted by atomic mass is 9.97. The van der Waals surface area contributed by atoms with Crippen LogP contribution in [0.3, 0.4) is 0 Å². The van der Waals surface area contributed by atoms with Crippen LogP contribution < -0.4 is 4.74 Å². The van der Waals surface area contributed by atoms with Crippen molar-refractivity contribution in [2.24, 2.45) is 0 Å².